The quantitative estimate of drug-likeness (QED) is 0.364. The summed E-state index contributed by atoms with van der Waals surface area (Å²) in [5.74, 6) is 0.138. The molecule has 192 valence electrons. The standard InChI is InChI=1S/C27H35N5O.C2H6.2H2/c1-7-32(6)18-26(19(2)3)29-17-20(4)30-21(5)24-9-8-10-25(15-24)31-27(33)23-13-11-22(16-28)12-14-23;1-2;;/h8-15,17-21,30H,7H2,1-6H3,(H,31,33);1-2H3;2*1H/b26-18+,29-17?;;;/t20?,21-;;;/m0.../s1. The van der Waals surface area contributed by atoms with Crippen LogP contribution in [0, 0.1) is 17.2 Å². The summed E-state index contributed by atoms with van der Waals surface area (Å²) in [6, 6.07) is 16.6. The van der Waals surface area contributed by atoms with E-state index in [9.17, 15) is 4.79 Å². The molecule has 0 radical (unpaired) electrons. The predicted molar refractivity (Wildman–Crippen MR) is 152 cm³/mol. The van der Waals surface area contributed by atoms with Gasteiger partial charge >= 0.3 is 0 Å². The van der Waals surface area contributed by atoms with Crippen molar-refractivity contribution in [2.75, 3.05) is 18.9 Å². The third-order valence-corrected chi connectivity index (χ3v) is 5.32. The average molecular weight is 480 g/mol. The zero-order valence-corrected chi connectivity index (χ0v) is 22.5. The summed E-state index contributed by atoms with van der Waals surface area (Å²) in [6.45, 7) is 15.5. The van der Waals surface area contributed by atoms with Crippen molar-refractivity contribution >= 4 is 17.8 Å². The first kappa shape index (κ1) is 29.6. The van der Waals surface area contributed by atoms with Crippen LogP contribution in [0.1, 0.15) is 78.8 Å². The van der Waals surface area contributed by atoms with Gasteiger partial charge in [0, 0.05) is 52.2 Å². The second kappa shape index (κ2) is 15.5. The summed E-state index contributed by atoms with van der Waals surface area (Å²) in [5, 5.41) is 15.4. The molecular formula is C29H45N5O. The molecule has 2 rings (SSSR count). The van der Waals surface area contributed by atoms with Gasteiger partial charge in [-0.2, -0.15) is 5.26 Å². The van der Waals surface area contributed by atoms with Gasteiger partial charge in [-0.25, -0.2) is 0 Å². The molecule has 2 atom stereocenters. The molecule has 0 saturated carbocycles. The van der Waals surface area contributed by atoms with E-state index >= 15 is 0 Å². The lowest BCUT2D eigenvalue weighted by atomic mass is 10.1. The number of nitriles is 1. The van der Waals surface area contributed by atoms with Crippen molar-refractivity contribution < 1.29 is 7.65 Å². The molecule has 0 fully saturated rings. The Bertz CT molecular complexity index is 1030. The molecule has 0 aliphatic carbocycles. The minimum absolute atomic E-state index is 0. The van der Waals surface area contributed by atoms with Gasteiger partial charge in [0.2, 0.25) is 0 Å². The van der Waals surface area contributed by atoms with Crippen LogP contribution in [0.3, 0.4) is 0 Å². The van der Waals surface area contributed by atoms with Crippen LogP contribution in [0.25, 0.3) is 0 Å². The van der Waals surface area contributed by atoms with Gasteiger partial charge in [-0.1, -0.05) is 39.8 Å². The van der Waals surface area contributed by atoms with E-state index in [4.69, 9.17) is 10.3 Å². The van der Waals surface area contributed by atoms with Gasteiger partial charge < -0.3 is 15.5 Å². The first-order chi connectivity index (χ1) is 16.7. The number of nitrogens with zero attached hydrogens (tertiary/aromatic N) is 3. The van der Waals surface area contributed by atoms with Crippen LogP contribution in [-0.4, -0.2) is 36.7 Å². The summed E-state index contributed by atoms with van der Waals surface area (Å²) < 4.78 is 0. The summed E-state index contributed by atoms with van der Waals surface area (Å²) in [6.07, 6.45) is 4.04. The molecule has 35 heavy (non-hydrogen) atoms. The average Bonchev–Trinajstić information content (AvgIpc) is 2.87. The zero-order chi connectivity index (χ0) is 26.4. The van der Waals surface area contributed by atoms with Crippen LogP contribution < -0.4 is 10.6 Å². The first-order valence-electron chi connectivity index (χ1n) is 12.4. The van der Waals surface area contributed by atoms with E-state index in [0.29, 0.717) is 17.0 Å². The predicted octanol–water partition coefficient (Wildman–Crippen LogP) is 6.89. The number of amides is 1. The number of hydrogen-bond acceptors (Lipinski definition) is 5. The van der Waals surface area contributed by atoms with Crippen molar-refractivity contribution in [1.29, 1.82) is 5.26 Å². The van der Waals surface area contributed by atoms with Gasteiger partial charge in [0.1, 0.15) is 0 Å². The van der Waals surface area contributed by atoms with Crippen LogP contribution in [0.15, 0.2) is 65.4 Å². The van der Waals surface area contributed by atoms with E-state index in [-0.39, 0.29) is 20.8 Å². The van der Waals surface area contributed by atoms with Gasteiger partial charge in [-0.15, -0.1) is 0 Å². The normalized spacial score (nSPS) is 13.0. The summed E-state index contributed by atoms with van der Waals surface area (Å²) in [5.41, 5.74) is 3.88. The fourth-order valence-corrected chi connectivity index (χ4v) is 3.17. The van der Waals surface area contributed by atoms with Crippen LogP contribution in [0.4, 0.5) is 5.69 Å². The Morgan fingerprint density at radius 2 is 1.80 bits per heavy atom. The minimum Gasteiger partial charge on any atom is -0.379 e. The Balaban J connectivity index is 0. The van der Waals surface area contributed by atoms with E-state index in [0.717, 1.165) is 23.5 Å². The molecule has 0 bridgehead atoms. The molecule has 0 aliphatic rings. The Labute approximate surface area is 214 Å². The Morgan fingerprint density at radius 3 is 2.37 bits per heavy atom. The first-order valence-corrected chi connectivity index (χ1v) is 12.4. The number of benzene rings is 2. The second-order valence-electron chi connectivity index (χ2n) is 8.51. The van der Waals surface area contributed by atoms with Gasteiger partial charge in [-0.3, -0.25) is 9.79 Å². The summed E-state index contributed by atoms with van der Waals surface area (Å²) >= 11 is 0. The maximum absolute atomic E-state index is 12.5. The topological polar surface area (TPSA) is 80.5 Å². The molecule has 2 aromatic carbocycles. The van der Waals surface area contributed by atoms with Crippen LogP contribution in [-0.2, 0) is 0 Å². The van der Waals surface area contributed by atoms with E-state index in [1.165, 1.54) is 0 Å². The molecule has 2 N–H and O–H groups in total. The maximum Gasteiger partial charge on any atom is 0.255 e. The highest BCUT2D eigenvalue weighted by molar-refractivity contribution is 6.04. The lowest BCUT2D eigenvalue weighted by Gasteiger charge is -2.19. The van der Waals surface area contributed by atoms with Gasteiger partial charge in [0.25, 0.3) is 5.91 Å². The summed E-state index contributed by atoms with van der Waals surface area (Å²) in [4.78, 5) is 19.4. The number of hydrogen-bond donors (Lipinski definition) is 2. The smallest absolute Gasteiger partial charge is 0.255 e. The number of anilines is 1. The zero-order valence-electron chi connectivity index (χ0n) is 22.5. The maximum atomic E-state index is 12.5. The highest BCUT2D eigenvalue weighted by Gasteiger charge is 2.11. The van der Waals surface area contributed by atoms with Gasteiger partial charge in [-0.05, 0) is 68.7 Å². The lowest BCUT2D eigenvalue weighted by Crippen LogP contribution is -2.30. The Morgan fingerprint density at radius 1 is 1.14 bits per heavy atom. The number of rotatable bonds is 10. The van der Waals surface area contributed by atoms with Crippen molar-refractivity contribution in [1.82, 2.24) is 10.2 Å². The molecular weight excluding hydrogens is 434 g/mol. The van der Waals surface area contributed by atoms with E-state index in [2.05, 4.69) is 69.5 Å². The largest absolute Gasteiger partial charge is 0.379 e. The molecule has 2 aromatic rings. The monoisotopic (exact) mass is 479 g/mol. The Hall–Kier alpha value is -3.43. The van der Waals surface area contributed by atoms with Crippen molar-refractivity contribution in [3.05, 3.63) is 77.1 Å². The third kappa shape index (κ3) is 10.2. The van der Waals surface area contributed by atoms with Crippen molar-refractivity contribution in [2.45, 2.75) is 60.5 Å². The molecule has 0 saturated heterocycles. The molecule has 0 aliphatic heterocycles. The molecule has 0 aromatic heterocycles. The van der Waals surface area contributed by atoms with Crippen LogP contribution >= 0.6 is 0 Å². The Kier molecular flexibility index (Phi) is 13.1. The third-order valence-electron chi connectivity index (χ3n) is 5.32. The fourth-order valence-electron chi connectivity index (χ4n) is 3.17. The second-order valence-corrected chi connectivity index (χ2v) is 8.51. The lowest BCUT2D eigenvalue weighted by molar-refractivity contribution is 0.102. The fraction of sp³-hybridized carbons (Fsp3) is 0.414. The number of nitrogens with one attached hydrogen (secondary N) is 2. The highest BCUT2D eigenvalue weighted by Crippen LogP contribution is 2.19. The number of carbonyl (C=O) groups is 1. The van der Waals surface area contributed by atoms with Crippen molar-refractivity contribution in [3.8, 4) is 6.07 Å². The van der Waals surface area contributed by atoms with Crippen molar-refractivity contribution in [2.24, 2.45) is 10.9 Å². The molecule has 0 heterocycles. The summed E-state index contributed by atoms with van der Waals surface area (Å²) in [7, 11) is 2.05. The van der Waals surface area contributed by atoms with Crippen LogP contribution in [0.5, 0.6) is 0 Å². The molecule has 1 amide bonds. The molecule has 6 nitrogen and oxygen atoms in total. The van der Waals surface area contributed by atoms with Gasteiger partial charge in [0.15, 0.2) is 0 Å². The van der Waals surface area contributed by atoms with E-state index in [1.807, 2.05) is 44.3 Å². The van der Waals surface area contributed by atoms with E-state index in [1.54, 1.807) is 24.3 Å². The molecule has 0 spiro atoms. The molecule has 6 heteroatoms. The van der Waals surface area contributed by atoms with Crippen molar-refractivity contribution in [3.63, 3.8) is 0 Å². The minimum atomic E-state index is -0.206. The highest BCUT2D eigenvalue weighted by atomic mass is 16.1. The number of allylic oxidation sites excluding steroid dienone is 1. The number of aliphatic imine (C=N–C) groups is 1. The van der Waals surface area contributed by atoms with Gasteiger partial charge in [0.05, 0.1) is 17.3 Å². The SMILES string of the molecule is CC.CCN(C)/C=C(/N=CC(C)N[C@@H](C)c1cccc(NC(=O)c2ccc(C#N)cc2)c1)C(C)C.[HH].[HH]. The number of carbonyl (C=O) groups excluding carboxylic acids is 1. The van der Waals surface area contributed by atoms with Crippen LogP contribution in [0.2, 0.25) is 0 Å². The van der Waals surface area contributed by atoms with E-state index < -0.39 is 0 Å². The molecule has 1 unspecified atom stereocenters.